The molecule has 98 valence electrons. The lowest BCUT2D eigenvalue weighted by atomic mass is 10.1. The van der Waals surface area contributed by atoms with E-state index in [9.17, 15) is 9.90 Å². The first-order chi connectivity index (χ1) is 8.66. The van der Waals surface area contributed by atoms with Gasteiger partial charge in [-0.25, -0.2) is 4.79 Å². The molecule has 2 amide bonds. The van der Waals surface area contributed by atoms with E-state index in [1.807, 2.05) is 13.0 Å². The second kappa shape index (κ2) is 5.82. The number of aliphatic hydroxyl groups excluding tert-OH is 1. The number of likely N-dealkylation sites (tertiary alicyclic amines) is 1. The number of nitrogens with one attached hydrogen (secondary N) is 1. The number of hydrogen-bond acceptors (Lipinski definition) is 3. The lowest BCUT2D eigenvalue weighted by molar-refractivity contribution is 0.0936. The van der Waals surface area contributed by atoms with Crippen molar-refractivity contribution in [3.8, 4) is 0 Å². The van der Waals surface area contributed by atoms with Gasteiger partial charge >= 0.3 is 6.03 Å². The monoisotopic (exact) mass is 249 g/mol. The number of hydrogen-bond donors (Lipinski definition) is 2. The van der Waals surface area contributed by atoms with Crippen LogP contribution in [-0.4, -0.2) is 40.2 Å². The summed E-state index contributed by atoms with van der Waals surface area (Å²) in [6.07, 6.45) is 4.60. The molecule has 1 saturated heterocycles. The third-order valence-electron chi connectivity index (χ3n) is 3.32. The van der Waals surface area contributed by atoms with Gasteiger partial charge in [0.25, 0.3) is 0 Å². The van der Waals surface area contributed by atoms with Gasteiger partial charge in [0.15, 0.2) is 0 Å². The summed E-state index contributed by atoms with van der Waals surface area (Å²) in [6, 6.07) is 1.85. The first kappa shape index (κ1) is 12.8. The Balaban J connectivity index is 1.83. The van der Waals surface area contributed by atoms with Crippen LogP contribution in [0.1, 0.15) is 24.0 Å². The van der Waals surface area contributed by atoms with Gasteiger partial charge in [-0.2, -0.15) is 0 Å². The predicted molar refractivity (Wildman–Crippen MR) is 68.0 cm³/mol. The summed E-state index contributed by atoms with van der Waals surface area (Å²) in [5.74, 6) is 0. The number of pyridine rings is 1. The number of piperidine rings is 1. The van der Waals surface area contributed by atoms with Gasteiger partial charge < -0.3 is 15.3 Å². The molecule has 2 rings (SSSR count). The van der Waals surface area contributed by atoms with Gasteiger partial charge in [-0.1, -0.05) is 0 Å². The Morgan fingerprint density at radius 3 is 2.94 bits per heavy atom. The van der Waals surface area contributed by atoms with Gasteiger partial charge in [-0.15, -0.1) is 0 Å². The predicted octanol–water partition coefficient (Wildman–Crippen LogP) is 1.06. The van der Waals surface area contributed by atoms with Crippen LogP contribution in [0.2, 0.25) is 0 Å². The summed E-state index contributed by atoms with van der Waals surface area (Å²) >= 11 is 0. The molecule has 0 aromatic carbocycles. The molecule has 0 atom stereocenters. The van der Waals surface area contributed by atoms with Gasteiger partial charge in [-0.05, 0) is 37.0 Å². The highest BCUT2D eigenvalue weighted by molar-refractivity contribution is 5.74. The van der Waals surface area contributed by atoms with E-state index in [1.165, 1.54) is 0 Å². The Bertz CT molecular complexity index is 414. The highest BCUT2D eigenvalue weighted by Gasteiger charge is 2.20. The normalized spacial score (nSPS) is 16.7. The molecule has 2 heterocycles. The largest absolute Gasteiger partial charge is 0.393 e. The molecule has 5 heteroatoms. The number of urea groups is 1. The minimum Gasteiger partial charge on any atom is -0.393 e. The first-order valence-electron chi connectivity index (χ1n) is 6.27. The molecule has 5 nitrogen and oxygen atoms in total. The molecular weight excluding hydrogens is 230 g/mol. The molecule has 0 radical (unpaired) electrons. The number of nitrogens with zero attached hydrogens (tertiary/aromatic N) is 2. The Kier molecular flexibility index (Phi) is 4.15. The maximum absolute atomic E-state index is 11.9. The fourth-order valence-electron chi connectivity index (χ4n) is 2.05. The van der Waals surface area contributed by atoms with Crippen LogP contribution in [0.4, 0.5) is 4.79 Å². The van der Waals surface area contributed by atoms with Crippen LogP contribution in [0.5, 0.6) is 0 Å². The van der Waals surface area contributed by atoms with Crippen LogP contribution in [0.25, 0.3) is 0 Å². The standard InChI is InChI=1S/C13H19N3O2/c1-10-8-14-5-2-11(10)9-15-13(18)16-6-3-12(17)4-7-16/h2,5,8,12,17H,3-4,6-7,9H2,1H3,(H,15,18). The van der Waals surface area contributed by atoms with Gasteiger partial charge in [0.1, 0.15) is 0 Å². The Morgan fingerprint density at radius 1 is 1.56 bits per heavy atom. The van der Waals surface area contributed by atoms with E-state index in [0.717, 1.165) is 11.1 Å². The Labute approximate surface area is 107 Å². The van der Waals surface area contributed by atoms with Crippen LogP contribution >= 0.6 is 0 Å². The summed E-state index contributed by atoms with van der Waals surface area (Å²) in [5, 5.41) is 12.3. The molecule has 2 N–H and O–H groups in total. The average molecular weight is 249 g/mol. The van der Waals surface area contributed by atoms with Crippen molar-refractivity contribution in [1.82, 2.24) is 15.2 Å². The van der Waals surface area contributed by atoms with Gasteiger partial charge in [0.05, 0.1) is 6.10 Å². The highest BCUT2D eigenvalue weighted by Crippen LogP contribution is 2.10. The van der Waals surface area contributed by atoms with E-state index in [2.05, 4.69) is 10.3 Å². The van der Waals surface area contributed by atoms with Crippen LogP contribution < -0.4 is 5.32 Å². The van der Waals surface area contributed by atoms with E-state index in [4.69, 9.17) is 0 Å². The van der Waals surface area contributed by atoms with Crippen LogP contribution in [0.15, 0.2) is 18.5 Å². The zero-order chi connectivity index (χ0) is 13.0. The van der Waals surface area contributed by atoms with Gasteiger partial charge in [0, 0.05) is 32.0 Å². The number of amides is 2. The van der Waals surface area contributed by atoms with E-state index < -0.39 is 0 Å². The Hall–Kier alpha value is -1.62. The average Bonchev–Trinajstić information content (AvgIpc) is 2.38. The summed E-state index contributed by atoms with van der Waals surface area (Å²) in [7, 11) is 0. The van der Waals surface area contributed by atoms with Crippen molar-refractivity contribution in [1.29, 1.82) is 0 Å². The molecule has 0 spiro atoms. The number of carbonyl (C=O) groups is 1. The third-order valence-corrected chi connectivity index (χ3v) is 3.32. The fraction of sp³-hybridized carbons (Fsp3) is 0.538. The van der Waals surface area contributed by atoms with Gasteiger partial charge in [-0.3, -0.25) is 4.98 Å². The van der Waals surface area contributed by atoms with E-state index in [-0.39, 0.29) is 12.1 Å². The van der Waals surface area contributed by atoms with Crippen LogP contribution in [0, 0.1) is 6.92 Å². The molecule has 0 aliphatic carbocycles. The van der Waals surface area contributed by atoms with Crippen molar-refractivity contribution in [3.05, 3.63) is 29.6 Å². The number of aryl methyl sites for hydroxylation is 1. The summed E-state index contributed by atoms with van der Waals surface area (Å²) < 4.78 is 0. The van der Waals surface area contributed by atoms with Crippen LogP contribution in [0.3, 0.4) is 0 Å². The summed E-state index contributed by atoms with van der Waals surface area (Å²) in [6.45, 7) is 3.75. The molecule has 0 bridgehead atoms. The van der Waals surface area contributed by atoms with Crippen LogP contribution in [-0.2, 0) is 6.54 Å². The van der Waals surface area contributed by atoms with Crippen molar-refractivity contribution >= 4 is 6.03 Å². The van der Waals surface area contributed by atoms with Crippen molar-refractivity contribution < 1.29 is 9.90 Å². The quantitative estimate of drug-likeness (QED) is 0.823. The summed E-state index contributed by atoms with van der Waals surface area (Å²) in [5.41, 5.74) is 2.15. The fourth-order valence-corrected chi connectivity index (χ4v) is 2.05. The molecule has 1 aromatic rings. The highest BCUT2D eigenvalue weighted by atomic mass is 16.3. The molecule has 1 aromatic heterocycles. The maximum Gasteiger partial charge on any atom is 0.317 e. The Morgan fingerprint density at radius 2 is 2.28 bits per heavy atom. The molecule has 1 aliphatic heterocycles. The van der Waals surface area contributed by atoms with Crippen molar-refractivity contribution in [2.45, 2.75) is 32.4 Å². The molecule has 0 unspecified atom stereocenters. The number of carbonyl (C=O) groups excluding carboxylic acids is 1. The van der Waals surface area contributed by atoms with Gasteiger partial charge in [0.2, 0.25) is 0 Å². The first-order valence-corrected chi connectivity index (χ1v) is 6.27. The van der Waals surface area contributed by atoms with E-state index >= 15 is 0 Å². The minimum absolute atomic E-state index is 0.0573. The minimum atomic E-state index is -0.253. The zero-order valence-corrected chi connectivity index (χ0v) is 10.6. The molecule has 1 fully saturated rings. The lowest BCUT2D eigenvalue weighted by Gasteiger charge is -2.29. The number of aliphatic hydroxyl groups is 1. The van der Waals surface area contributed by atoms with E-state index in [1.54, 1.807) is 17.3 Å². The second-order valence-corrected chi connectivity index (χ2v) is 4.68. The number of aromatic nitrogens is 1. The maximum atomic E-state index is 11.9. The number of rotatable bonds is 2. The molecule has 18 heavy (non-hydrogen) atoms. The van der Waals surface area contributed by atoms with Crippen molar-refractivity contribution in [3.63, 3.8) is 0 Å². The molecule has 0 saturated carbocycles. The second-order valence-electron chi connectivity index (χ2n) is 4.68. The zero-order valence-electron chi connectivity index (χ0n) is 10.6. The smallest absolute Gasteiger partial charge is 0.317 e. The third kappa shape index (κ3) is 3.20. The lowest BCUT2D eigenvalue weighted by Crippen LogP contribution is -2.45. The molecule has 1 aliphatic rings. The summed E-state index contributed by atoms with van der Waals surface area (Å²) in [4.78, 5) is 17.7. The SMILES string of the molecule is Cc1cnccc1CNC(=O)N1CCC(O)CC1. The van der Waals surface area contributed by atoms with E-state index in [0.29, 0.717) is 32.5 Å². The van der Waals surface area contributed by atoms with Crippen molar-refractivity contribution in [2.24, 2.45) is 0 Å². The van der Waals surface area contributed by atoms with Crippen molar-refractivity contribution in [2.75, 3.05) is 13.1 Å². The topological polar surface area (TPSA) is 65.5 Å². The molecular formula is C13H19N3O2.